The predicted molar refractivity (Wildman–Crippen MR) is 105 cm³/mol. The van der Waals surface area contributed by atoms with E-state index in [-0.39, 0.29) is 5.69 Å². The highest BCUT2D eigenvalue weighted by molar-refractivity contribution is 5.96. The van der Waals surface area contributed by atoms with Crippen molar-refractivity contribution < 1.29 is 37.5 Å². The number of nitrogens with one attached hydrogen (secondary N) is 3. The smallest absolute Gasteiger partial charge is 0.416 e. The van der Waals surface area contributed by atoms with Gasteiger partial charge in [-0.25, -0.2) is 4.98 Å². The molecule has 1 aromatic carbocycles. The first-order chi connectivity index (χ1) is 15.0. The molecule has 4 N–H and O–H groups in total. The van der Waals surface area contributed by atoms with Gasteiger partial charge in [-0.1, -0.05) is 12.1 Å². The molecule has 0 aliphatic rings. The Balaban J connectivity index is 1.88. The number of aromatic amines is 1. The molecule has 2 atom stereocenters. The van der Waals surface area contributed by atoms with Crippen molar-refractivity contribution in [3.8, 4) is 0 Å². The number of aryl methyl sites for hydroxylation is 2. The highest BCUT2D eigenvalue weighted by Gasteiger charge is 2.29. The van der Waals surface area contributed by atoms with Crippen LogP contribution in [0.3, 0.4) is 0 Å². The van der Waals surface area contributed by atoms with Crippen molar-refractivity contribution in [2.45, 2.75) is 44.4 Å². The number of carboxylic acids is 1. The van der Waals surface area contributed by atoms with E-state index in [0.29, 0.717) is 30.5 Å². The summed E-state index contributed by atoms with van der Waals surface area (Å²) in [6.07, 6.45) is -2.72. The van der Waals surface area contributed by atoms with Crippen LogP contribution in [0.25, 0.3) is 0 Å². The second kappa shape index (κ2) is 10.6. The number of H-pyrrole nitrogens is 1. The predicted octanol–water partition coefficient (Wildman–Crippen LogP) is 1.49. The molecule has 0 bridgehead atoms. The van der Waals surface area contributed by atoms with Crippen molar-refractivity contribution in [2.24, 2.45) is 0 Å². The maximum Gasteiger partial charge on any atom is 0.416 e. The Morgan fingerprint density at radius 1 is 1.16 bits per heavy atom. The first kappa shape index (κ1) is 24.6. The van der Waals surface area contributed by atoms with E-state index < -0.39 is 48.0 Å². The zero-order valence-electron chi connectivity index (χ0n) is 16.9. The number of alkyl halides is 3. The number of hydrogen-bond donors (Lipinski definition) is 4. The van der Waals surface area contributed by atoms with E-state index in [4.69, 9.17) is 5.11 Å². The molecule has 1 unspecified atom stereocenters. The molecule has 0 radical (unpaired) electrons. The molecular formula is C20H21F3N4O5. The summed E-state index contributed by atoms with van der Waals surface area (Å²) in [6.45, 7) is 1.36. The fraction of sp³-hybridized carbons (Fsp3) is 0.350. The Bertz CT molecular complexity index is 972. The standard InChI is InChI=1S/C20H21F3N4O5/c1-11(18(31)26-14(10-28)8-17(29)30)25-19(32)15-9-24-16(27-15)7-4-12-2-5-13(6-3-12)20(21,22)23/h2-3,5-6,9-11,14H,4,7-8H2,1H3,(H,24,27)(H,25,32)(H,26,31)(H,29,30)/t11?,14-/m0/s1. The topological polar surface area (TPSA) is 141 Å². The summed E-state index contributed by atoms with van der Waals surface area (Å²) in [5.74, 6) is -2.23. The van der Waals surface area contributed by atoms with Gasteiger partial charge in [0, 0.05) is 6.42 Å². The summed E-state index contributed by atoms with van der Waals surface area (Å²) in [4.78, 5) is 52.6. The molecule has 0 fully saturated rings. The van der Waals surface area contributed by atoms with E-state index in [1.807, 2.05) is 0 Å². The molecule has 2 amide bonds. The van der Waals surface area contributed by atoms with Crippen LogP contribution >= 0.6 is 0 Å². The van der Waals surface area contributed by atoms with Gasteiger partial charge in [-0.3, -0.25) is 14.4 Å². The number of hydrogen-bond acceptors (Lipinski definition) is 5. The molecule has 1 aromatic heterocycles. The zero-order valence-corrected chi connectivity index (χ0v) is 16.9. The summed E-state index contributed by atoms with van der Waals surface area (Å²) < 4.78 is 37.8. The monoisotopic (exact) mass is 454 g/mol. The Labute approximate surface area is 180 Å². The SMILES string of the molecule is CC(NC(=O)c1cnc(CCc2ccc(C(F)(F)F)cc2)[nH]1)C(=O)N[C@H](C=O)CC(=O)O. The lowest BCUT2D eigenvalue weighted by Gasteiger charge is -2.16. The van der Waals surface area contributed by atoms with E-state index >= 15 is 0 Å². The van der Waals surface area contributed by atoms with Crippen LogP contribution in [0.2, 0.25) is 0 Å². The lowest BCUT2D eigenvalue weighted by Crippen LogP contribution is -2.49. The van der Waals surface area contributed by atoms with Crippen LogP contribution in [-0.4, -0.2) is 51.2 Å². The molecule has 1 heterocycles. The van der Waals surface area contributed by atoms with Crippen molar-refractivity contribution in [2.75, 3.05) is 0 Å². The normalized spacial score (nSPS) is 13.1. The van der Waals surface area contributed by atoms with E-state index in [9.17, 15) is 32.3 Å². The first-order valence-corrected chi connectivity index (χ1v) is 9.48. The Morgan fingerprint density at radius 3 is 2.38 bits per heavy atom. The fourth-order valence-corrected chi connectivity index (χ4v) is 2.70. The number of imidazole rings is 1. The molecule has 12 heteroatoms. The molecule has 0 aliphatic carbocycles. The average molecular weight is 454 g/mol. The van der Waals surface area contributed by atoms with E-state index in [1.165, 1.54) is 25.3 Å². The van der Waals surface area contributed by atoms with E-state index in [2.05, 4.69) is 20.6 Å². The van der Waals surface area contributed by atoms with Crippen LogP contribution in [0.15, 0.2) is 30.5 Å². The average Bonchev–Trinajstić information content (AvgIpc) is 3.20. The molecule has 32 heavy (non-hydrogen) atoms. The third-order valence-corrected chi connectivity index (χ3v) is 4.43. The highest BCUT2D eigenvalue weighted by atomic mass is 19.4. The largest absolute Gasteiger partial charge is 0.481 e. The van der Waals surface area contributed by atoms with Crippen molar-refractivity contribution in [1.82, 2.24) is 20.6 Å². The molecule has 9 nitrogen and oxygen atoms in total. The Kier molecular flexibility index (Phi) is 8.10. The Hall–Kier alpha value is -3.70. The number of carboxylic acid groups (broad SMARTS) is 1. The number of benzene rings is 1. The van der Waals surface area contributed by atoms with Crippen LogP contribution in [0.1, 0.15) is 40.8 Å². The second-order valence-corrected chi connectivity index (χ2v) is 6.98. The van der Waals surface area contributed by atoms with Crippen molar-refractivity contribution >= 4 is 24.1 Å². The van der Waals surface area contributed by atoms with E-state index in [0.717, 1.165) is 12.1 Å². The summed E-state index contributed by atoms with van der Waals surface area (Å²) in [6, 6.07) is 2.46. The molecule has 0 spiro atoms. The van der Waals surface area contributed by atoms with Gasteiger partial charge in [-0.15, -0.1) is 0 Å². The lowest BCUT2D eigenvalue weighted by molar-refractivity contribution is -0.139. The number of rotatable bonds is 10. The fourth-order valence-electron chi connectivity index (χ4n) is 2.70. The van der Waals surface area contributed by atoms with Gasteiger partial charge in [0.1, 0.15) is 23.8 Å². The minimum atomic E-state index is -4.40. The minimum absolute atomic E-state index is 0.0598. The second-order valence-electron chi connectivity index (χ2n) is 6.98. The number of amides is 2. The number of nitrogens with zero attached hydrogens (tertiary/aromatic N) is 1. The quantitative estimate of drug-likeness (QED) is 0.401. The van der Waals surface area contributed by atoms with Crippen LogP contribution < -0.4 is 10.6 Å². The number of carbonyl (C=O) groups is 4. The minimum Gasteiger partial charge on any atom is -0.481 e. The number of aldehydes is 1. The summed E-state index contributed by atoms with van der Waals surface area (Å²) in [5, 5.41) is 13.3. The maximum atomic E-state index is 12.6. The van der Waals surface area contributed by atoms with Gasteiger partial charge < -0.3 is 25.5 Å². The van der Waals surface area contributed by atoms with Gasteiger partial charge in [0.05, 0.1) is 24.2 Å². The van der Waals surface area contributed by atoms with Crippen molar-refractivity contribution in [3.05, 3.63) is 53.1 Å². The molecule has 0 saturated carbocycles. The molecule has 2 aromatic rings. The van der Waals surface area contributed by atoms with Crippen LogP contribution in [0.5, 0.6) is 0 Å². The number of aromatic nitrogens is 2. The van der Waals surface area contributed by atoms with Gasteiger partial charge in [-0.2, -0.15) is 13.2 Å². The molecule has 2 rings (SSSR count). The maximum absolute atomic E-state index is 12.6. The first-order valence-electron chi connectivity index (χ1n) is 9.48. The van der Waals surface area contributed by atoms with Gasteiger partial charge in [0.2, 0.25) is 5.91 Å². The summed E-state index contributed by atoms with van der Waals surface area (Å²) in [5.41, 5.74) is -0.0138. The van der Waals surface area contributed by atoms with Crippen LogP contribution in [0, 0.1) is 0 Å². The molecule has 172 valence electrons. The number of carbonyl (C=O) groups excluding carboxylic acids is 3. The van der Waals surface area contributed by atoms with Crippen molar-refractivity contribution in [1.29, 1.82) is 0 Å². The molecular weight excluding hydrogens is 433 g/mol. The zero-order chi connectivity index (χ0) is 23.9. The van der Waals surface area contributed by atoms with E-state index in [1.54, 1.807) is 0 Å². The number of aliphatic carboxylic acids is 1. The van der Waals surface area contributed by atoms with Gasteiger partial charge >= 0.3 is 12.1 Å². The van der Waals surface area contributed by atoms with Gasteiger partial charge in [-0.05, 0) is 31.0 Å². The van der Waals surface area contributed by atoms with Crippen LogP contribution in [-0.2, 0) is 33.4 Å². The third-order valence-electron chi connectivity index (χ3n) is 4.43. The van der Waals surface area contributed by atoms with Crippen molar-refractivity contribution in [3.63, 3.8) is 0 Å². The Morgan fingerprint density at radius 2 is 1.81 bits per heavy atom. The molecule has 0 saturated heterocycles. The van der Waals surface area contributed by atoms with Gasteiger partial charge in [0.15, 0.2) is 0 Å². The third kappa shape index (κ3) is 7.22. The summed E-state index contributed by atoms with van der Waals surface area (Å²) >= 11 is 0. The summed E-state index contributed by atoms with van der Waals surface area (Å²) in [7, 11) is 0. The lowest BCUT2D eigenvalue weighted by atomic mass is 10.1. The molecule has 0 aliphatic heterocycles. The highest BCUT2D eigenvalue weighted by Crippen LogP contribution is 2.29. The van der Waals surface area contributed by atoms with Gasteiger partial charge in [0.25, 0.3) is 5.91 Å². The van der Waals surface area contributed by atoms with Crippen LogP contribution in [0.4, 0.5) is 13.2 Å². The number of halogens is 3.